The lowest BCUT2D eigenvalue weighted by Crippen LogP contribution is -2.10. The zero-order chi connectivity index (χ0) is 74.8. The van der Waals surface area contributed by atoms with Gasteiger partial charge >= 0.3 is 0 Å². The second-order valence-electron chi connectivity index (χ2n) is 27.9. The lowest BCUT2D eigenvalue weighted by Gasteiger charge is -2.27. The maximum atomic E-state index is 2.38. The van der Waals surface area contributed by atoms with Crippen molar-refractivity contribution in [3.8, 4) is 0 Å². The third kappa shape index (κ3) is 17.1. The second kappa shape index (κ2) is 34.5. The van der Waals surface area contributed by atoms with Gasteiger partial charge in [0, 0.05) is 33.5 Å². The highest BCUT2D eigenvalue weighted by atomic mass is 15.1. The Morgan fingerprint density at radius 1 is 0.200 bits per heavy atom. The summed E-state index contributed by atoms with van der Waals surface area (Å²) in [5.41, 5.74) is 30.7. The van der Waals surface area contributed by atoms with E-state index in [0.29, 0.717) is 0 Å². The molecule has 0 heterocycles. The van der Waals surface area contributed by atoms with E-state index in [9.17, 15) is 0 Å². The van der Waals surface area contributed by atoms with Gasteiger partial charge in [0.25, 0.3) is 0 Å². The average molecular weight is 1410 g/mol. The van der Waals surface area contributed by atoms with E-state index < -0.39 is 0 Å². The molecule has 110 heavy (non-hydrogen) atoms. The summed E-state index contributed by atoms with van der Waals surface area (Å²) in [7, 11) is 0. The Bertz CT molecular complexity index is 5770. The van der Waals surface area contributed by atoms with Crippen LogP contribution in [0.25, 0.3) is 68.1 Å². The van der Waals surface area contributed by atoms with Crippen molar-refractivity contribution in [1.82, 2.24) is 0 Å². The highest BCUT2D eigenvalue weighted by Crippen LogP contribution is 2.44. The fraction of sp³-hybridized carbons (Fsp3) is 0.0370. The normalized spacial score (nSPS) is 11.0. The van der Waals surface area contributed by atoms with Crippen molar-refractivity contribution in [1.29, 1.82) is 0 Å². The SMILES string of the molecule is Cc1ccc(C(=C/C=C/c2ccc(N(c3ccc(C)cc3)c3ccc(C=C(c4ccccc4)c4ccccc4)cc3)c3ccccc23)c2ccc(C)cc2)cc1.Cc1ccc(N(c2ccc(C=C(c3ccccc3)c3ccccc3)cc2)c2ccc(/C=C/C=C(c3ccccc3)c3ccccc3)c3ccccc23)cc1. The first kappa shape index (κ1) is 71.7. The Hall–Kier alpha value is -13.9. The molecule has 0 radical (unpaired) electrons. The lowest BCUT2D eigenvalue weighted by molar-refractivity contribution is 1.29. The van der Waals surface area contributed by atoms with Crippen LogP contribution in [0.15, 0.2) is 425 Å². The number of fused-ring (bicyclic) bond motifs is 2. The number of hydrogen-bond acceptors (Lipinski definition) is 2. The summed E-state index contributed by atoms with van der Waals surface area (Å²) in [6.45, 7) is 8.54. The molecule has 0 bridgehead atoms. The summed E-state index contributed by atoms with van der Waals surface area (Å²) in [5, 5.41) is 4.78. The number of benzene rings is 16. The van der Waals surface area contributed by atoms with Crippen LogP contribution in [0, 0.1) is 27.7 Å². The van der Waals surface area contributed by atoms with Crippen molar-refractivity contribution in [2.75, 3.05) is 9.80 Å². The Morgan fingerprint density at radius 2 is 0.427 bits per heavy atom. The number of nitrogens with zero attached hydrogens (tertiary/aromatic N) is 2. The molecule has 0 aliphatic carbocycles. The molecule has 0 saturated carbocycles. The predicted molar refractivity (Wildman–Crippen MR) is 474 cm³/mol. The van der Waals surface area contributed by atoms with Crippen molar-refractivity contribution < 1.29 is 0 Å². The van der Waals surface area contributed by atoms with Gasteiger partial charge in [0.2, 0.25) is 0 Å². The summed E-state index contributed by atoms with van der Waals surface area (Å²) < 4.78 is 0. The summed E-state index contributed by atoms with van der Waals surface area (Å²) in [6, 6.07) is 143. The molecule has 2 heteroatoms. The van der Waals surface area contributed by atoms with E-state index in [2.05, 4.69) is 486 Å². The largest absolute Gasteiger partial charge is 0.310 e. The van der Waals surface area contributed by atoms with Gasteiger partial charge in [-0.2, -0.15) is 0 Å². The predicted octanol–water partition coefficient (Wildman–Crippen LogP) is 29.3. The van der Waals surface area contributed by atoms with Crippen molar-refractivity contribution in [2.45, 2.75) is 27.7 Å². The van der Waals surface area contributed by atoms with Gasteiger partial charge in [-0.05, 0) is 200 Å². The van der Waals surface area contributed by atoms with Crippen LogP contribution < -0.4 is 9.80 Å². The molecule has 16 aromatic carbocycles. The van der Waals surface area contributed by atoms with Crippen LogP contribution >= 0.6 is 0 Å². The molecule has 0 aliphatic rings. The third-order valence-electron chi connectivity index (χ3n) is 20.2. The first-order chi connectivity index (χ1) is 54.2. The molecule has 0 saturated heterocycles. The van der Waals surface area contributed by atoms with Crippen molar-refractivity contribution >= 4 is 102 Å². The van der Waals surface area contributed by atoms with Crippen molar-refractivity contribution in [2.24, 2.45) is 0 Å². The van der Waals surface area contributed by atoms with Gasteiger partial charge in [0.05, 0.1) is 11.4 Å². The lowest BCUT2D eigenvalue weighted by atomic mass is 9.95. The first-order valence-electron chi connectivity index (χ1n) is 37.9. The third-order valence-corrected chi connectivity index (χ3v) is 20.2. The van der Waals surface area contributed by atoms with Crippen molar-refractivity contribution in [3.05, 3.63) is 514 Å². The highest BCUT2D eigenvalue weighted by Gasteiger charge is 2.20. The summed E-state index contributed by atoms with van der Waals surface area (Å²) in [4.78, 5) is 4.76. The fourth-order valence-electron chi connectivity index (χ4n) is 14.4. The fourth-order valence-corrected chi connectivity index (χ4v) is 14.4. The number of rotatable bonds is 20. The minimum absolute atomic E-state index is 1.10. The number of aryl methyl sites for hydroxylation is 4. The number of hydrogen-bond donors (Lipinski definition) is 0. The van der Waals surface area contributed by atoms with Crippen LogP contribution in [0.4, 0.5) is 34.1 Å². The van der Waals surface area contributed by atoms with E-state index in [1.165, 1.54) is 122 Å². The van der Waals surface area contributed by atoms with E-state index in [1.54, 1.807) is 0 Å². The first-order valence-corrected chi connectivity index (χ1v) is 37.9. The molecule has 16 rings (SSSR count). The molecule has 0 spiro atoms. The van der Waals surface area contributed by atoms with Crippen LogP contribution in [0.1, 0.15) is 89.0 Å². The van der Waals surface area contributed by atoms with Gasteiger partial charge in [-0.25, -0.2) is 0 Å². The Kier molecular flexibility index (Phi) is 22.5. The Labute approximate surface area is 649 Å². The van der Waals surface area contributed by atoms with Crippen LogP contribution in [-0.2, 0) is 0 Å². The van der Waals surface area contributed by atoms with E-state index >= 15 is 0 Å². The van der Waals surface area contributed by atoms with E-state index in [0.717, 1.165) is 45.3 Å². The Balaban J connectivity index is 0.000000175. The van der Waals surface area contributed by atoms with Crippen molar-refractivity contribution in [3.63, 3.8) is 0 Å². The number of allylic oxidation sites excluding steroid dienone is 4. The highest BCUT2D eigenvalue weighted by molar-refractivity contribution is 6.05. The molecule has 0 atom stereocenters. The van der Waals surface area contributed by atoms with E-state index in [1.807, 2.05) is 0 Å². The minimum Gasteiger partial charge on any atom is -0.310 e. The molecule has 2 nitrogen and oxygen atoms in total. The van der Waals surface area contributed by atoms with Gasteiger partial charge in [0.1, 0.15) is 0 Å². The van der Waals surface area contributed by atoms with Gasteiger partial charge in [-0.3, -0.25) is 0 Å². The number of anilines is 6. The molecule has 0 N–H and O–H groups in total. The quantitative estimate of drug-likeness (QED) is 0.0554. The summed E-state index contributed by atoms with van der Waals surface area (Å²) in [6.07, 6.45) is 17.9. The van der Waals surface area contributed by atoms with Gasteiger partial charge in [-0.1, -0.05) is 398 Å². The topological polar surface area (TPSA) is 6.48 Å². The molecular weight excluding hydrogens is 1330 g/mol. The smallest absolute Gasteiger partial charge is 0.0540 e. The molecule has 0 amide bonds. The van der Waals surface area contributed by atoms with Crippen LogP contribution in [-0.4, -0.2) is 0 Å². The van der Waals surface area contributed by atoms with Crippen LogP contribution in [0.5, 0.6) is 0 Å². The zero-order valence-corrected chi connectivity index (χ0v) is 62.6. The monoisotopic (exact) mass is 1410 g/mol. The minimum atomic E-state index is 1.10. The molecule has 16 aromatic rings. The Morgan fingerprint density at radius 3 is 0.709 bits per heavy atom. The maximum absolute atomic E-state index is 2.38. The van der Waals surface area contributed by atoms with E-state index in [-0.39, 0.29) is 0 Å². The molecule has 528 valence electrons. The molecule has 0 fully saturated rings. The summed E-state index contributed by atoms with van der Waals surface area (Å²) in [5.74, 6) is 0. The summed E-state index contributed by atoms with van der Waals surface area (Å²) >= 11 is 0. The average Bonchev–Trinajstić information content (AvgIpc) is 0.772. The maximum Gasteiger partial charge on any atom is 0.0540 e. The molecule has 0 aliphatic heterocycles. The zero-order valence-electron chi connectivity index (χ0n) is 62.6. The standard InChI is InChI=1S/C55H45N.C53H41N/c1-40-21-29-47(30-22-40)51(48-31-23-41(2)24-32-48)20-12-17-46-33-38-55(53-19-11-10-18-52(46)53)56(49-34-25-42(3)26-35-49)50-36-27-43(28-37-50)39-54(44-13-6-4-7-14-44)45-15-8-5-9-16-45;1-40-29-34-47(35-30-40)54(48-36-31-41(32-37-48)39-52(44-21-10-4-11-22-44)45-23-12-5-13-24-45)53-38-33-46(50-26-14-15-27-51(50)53)25-16-28-49(42-17-6-2-7-18-42)43-19-8-3-9-20-43/h4-39H,1-3H3;2-39H,1H3/b17-12+;25-16+. The van der Waals surface area contributed by atoms with E-state index in [4.69, 9.17) is 0 Å². The van der Waals surface area contributed by atoms with Crippen LogP contribution in [0.3, 0.4) is 0 Å². The molecule has 0 unspecified atom stereocenters. The van der Waals surface area contributed by atoms with Crippen LogP contribution in [0.2, 0.25) is 0 Å². The molecular formula is C108H86N2. The van der Waals surface area contributed by atoms with Gasteiger partial charge < -0.3 is 9.80 Å². The van der Waals surface area contributed by atoms with Gasteiger partial charge in [-0.15, -0.1) is 0 Å². The molecule has 0 aromatic heterocycles. The second-order valence-corrected chi connectivity index (χ2v) is 27.9. The van der Waals surface area contributed by atoms with Gasteiger partial charge in [0.15, 0.2) is 0 Å².